The highest BCUT2D eigenvalue weighted by molar-refractivity contribution is 8.01. The molecule has 78 valence electrons. The van der Waals surface area contributed by atoms with Crippen molar-refractivity contribution in [1.82, 2.24) is 0 Å². The minimum Gasteiger partial charge on any atom is -0.368 e. The lowest BCUT2D eigenvalue weighted by atomic mass is 10.3. The summed E-state index contributed by atoms with van der Waals surface area (Å²) in [4.78, 5) is 0. The van der Waals surface area contributed by atoms with Crippen LogP contribution in [0.1, 0.15) is 20.8 Å². The van der Waals surface area contributed by atoms with E-state index in [0.717, 1.165) is 0 Å². The van der Waals surface area contributed by atoms with Crippen LogP contribution in [0.4, 0.5) is 0 Å². The van der Waals surface area contributed by atoms with Crippen molar-refractivity contribution in [3.8, 4) is 0 Å². The average molecular weight is 241 g/mol. The number of hydrogen-bond donors (Lipinski definition) is 0. The van der Waals surface area contributed by atoms with Gasteiger partial charge in [-0.1, -0.05) is 0 Å². The predicted octanol–water partition coefficient (Wildman–Crippen LogP) is 1.02. The Morgan fingerprint density at radius 1 is 1.31 bits per heavy atom. The zero-order valence-electron chi connectivity index (χ0n) is 8.49. The maximum Gasteiger partial charge on any atom is 0.305 e. The quantitative estimate of drug-likeness (QED) is 0.390. The van der Waals surface area contributed by atoms with Gasteiger partial charge in [0.1, 0.15) is 4.75 Å². The van der Waals surface area contributed by atoms with Crippen molar-refractivity contribution in [3.05, 3.63) is 0 Å². The standard InChI is InChI=1S/C7H15NO2S3/c1-7(2,3)13(9,10)8(4,5)6(11)12/h1-5H3. The maximum atomic E-state index is 11.9. The van der Waals surface area contributed by atoms with Crippen molar-refractivity contribution in [2.24, 2.45) is 0 Å². The molecule has 0 spiro atoms. The van der Waals surface area contributed by atoms with Crippen LogP contribution in [0.15, 0.2) is 0 Å². The summed E-state index contributed by atoms with van der Waals surface area (Å²) in [7, 11) is -0.391. The fraction of sp³-hybridized carbons (Fsp3) is 0.857. The molecule has 0 unspecified atom stereocenters. The summed E-state index contributed by atoms with van der Waals surface area (Å²) in [5.74, 6) is 0. The Bertz CT molecular complexity index is 311. The first kappa shape index (κ1) is 13.2. The average Bonchev–Trinajstić information content (AvgIpc) is 1.84. The van der Waals surface area contributed by atoms with E-state index in [1.165, 1.54) is 14.1 Å². The van der Waals surface area contributed by atoms with Gasteiger partial charge in [-0.05, 0) is 20.8 Å². The molecule has 13 heavy (non-hydrogen) atoms. The van der Waals surface area contributed by atoms with Gasteiger partial charge in [-0.2, -0.15) is 8.42 Å². The molecule has 0 saturated heterocycles. The summed E-state index contributed by atoms with van der Waals surface area (Å²) in [5.41, 5.74) is 0. The molecule has 0 heterocycles. The van der Waals surface area contributed by atoms with Crippen molar-refractivity contribution >= 4 is 39.2 Å². The number of thiocarbonyl (C=S) groups is 1. The molecule has 0 aliphatic heterocycles. The summed E-state index contributed by atoms with van der Waals surface area (Å²) < 4.78 is 22.6. The normalized spacial score (nSPS) is 14.2. The Morgan fingerprint density at radius 3 is 1.69 bits per heavy atom. The summed E-state index contributed by atoms with van der Waals surface area (Å²) in [6.07, 6.45) is 0. The van der Waals surface area contributed by atoms with E-state index in [1.807, 2.05) is 0 Å². The molecule has 6 heteroatoms. The third kappa shape index (κ3) is 2.18. The molecule has 0 radical (unpaired) electrons. The minimum absolute atomic E-state index is 0.0370. The van der Waals surface area contributed by atoms with Crippen LogP contribution < -0.4 is 0 Å². The van der Waals surface area contributed by atoms with Gasteiger partial charge in [0, 0.05) is 0 Å². The summed E-state index contributed by atoms with van der Waals surface area (Å²) in [5, 5.41) is 0. The van der Waals surface area contributed by atoms with Gasteiger partial charge < -0.3 is 24.8 Å². The summed E-state index contributed by atoms with van der Waals surface area (Å²) in [6, 6.07) is 0. The first-order valence-electron chi connectivity index (χ1n) is 3.75. The lowest BCUT2D eigenvalue weighted by Gasteiger charge is -2.36. The number of nitrogens with zero attached hydrogens (tertiary/aromatic N) is 1. The molecule has 0 N–H and O–H groups in total. The van der Waals surface area contributed by atoms with Crippen molar-refractivity contribution < 1.29 is 12.3 Å². The van der Waals surface area contributed by atoms with Crippen LogP contribution in [0.5, 0.6) is 0 Å². The molecule has 0 aromatic rings. The molecule has 0 rings (SSSR count). The Labute approximate surface area is 91.2 Å². The topological polar surface area (TPSA) is 34.1 Å². The largest absolute Gasteiger partial charge is 0.368 e. The predicted molar refractivity (Wildman–Crippen MR) is 60.7 cm³/mol. The molecule has 0 atom stereocenters. The zero-order valence-corrected chi connectivity index (χ0v) is 10.9. The second-order valence-electron chi connectivity index (χ2n) is 4.20. The molecule has 0 bridgehead atoms. The van der Waals surface area contributed by atoms with Gasteiger partial charge in [0.2, 0.25) is 0 Å². The van der Waals surface area contributed by atoms with E-state index in [0.29, 0.717) is 0 Å². The van der Waals surface area contributed by atoms with Crippen molar-refractivity contribution in [3.63, 3.8) is 0 Å². The van der Waals surface area contributed by atoms with Crippen LogP contribution in [0.2, 0.25) is 0 Å². The Hall–Kier alpha value is 0.220. The molecule has 0 aromatic carbocycles. The van der Waals surface area contributed by atoms with Crippen molar-refractivity contribution in [2.45, 2.75) is 25.5 Å². The van der Waals surface area contributed by atoms with Crippen LogP contribution in [0.3, 0.4) is 0 Å². The Morgan fingerprint density at radius 2 is 1.62 bits per heavy atom. The molecule has 0 saturated carbocycles. The maximum absolute atomic E-state index is 11.9. The van der Waals surface area contributed by atoms with Crippen LogP contribution in [-0.4, -0.2) is 35.5 Å². The molecule has 0 aromatic heterocycles. The third-order valence-corrected chi connectivity index (χ3v) is 5.89. The van der Waals surface area contributed by atoms with Gasteiger partial charge in [0.05, 0.1) is 18.4 Å². The van der Waals surface area contributed by atoms with Gasteiger partial charge in [-0.3, -0.25) is 0 Å². The van der Waals surface area contributed by atoms with Gasteiger partial charge in [-0.25, -0.2) is 3.89 Å². The number of sulfonamides is 1. The lowest BCUT2D eigenvalue weighted by Crippen LogP contribution is -2.55. The number of quaternary nitrogens is 1. The van der Waals surface area contributed by atoms with E-state index in [1.54, 1.807) is 20.8 Å². The number of rotatable bonds is 1. The van der Waals surface area contributed by atoms with Crippen LogP contribution in [0, 0.1) is 0 Å². The highest BCUT2D eigenvalue weighted by Gasteiger charge is 2.43. The van der Waals surface area contributed by atoms with E-state index < -0.39 is 18.7 Å². The molecular formula is C7H15NO2S3. The van der Waals surface area contributed by atoms with E-state index in [2.05, 4.69) is 0 Å². The highest BCUT2D eigenvalue weighted by atomic mass is 32.2. The zero-order chi connectivity index (χ0) is 11.1. The van der Waals surface area contributed by atoms with Crippen molar-refractivity contribution in [1.29, 1.82) is 0 Å². The van der Waals surface area contributed by atoms with Gasteiger partial charge >= 0.3 is 10.0 Å². The van der Waals surface area contributed by atoms with Gasteiger partial charge in [0.15, 0.2) is 0 Å². The molecule has 0 amide bonds. The number of hydrogen-bond acceptors (Lipinski definition) is 4. The fourth-order valence-corrected chi connectivity index (χ4v) is 2.94. The van der Waals surface area contributed by atoms with Crippen LogP contribution in [-0.2, 0) is 22.7 Å². The lowest BCUT2D eigenvalue weighted by molar-refractivity contribution is -0.653. The van der Waals surface area contributed by atoms with Crippen LogP contribution >= 0.6 is 12.2 Å². The first-order chi connectivity index (χ1) is 5.44. The minimum atomic E-state index is -3.38. The van der Waals surface area contributed by atoms with E-state index in [4.69, 9.17) is 24.8 Å². The fourth-order valence-electron chi connectivity index (χ4n) is 0.783. The molecule has 0 fully saturated rings. The van der Waals surface area contributed by atoms with E-state index in [9.17, 15) is 8.42 Å². The smallest absolute Gasteiger partial charge is 0.305 e. The molecule has 0 aliphatic carbocycles. The van der Waals surface area contributed by atoms with E-state index >= 15 is 0 Å². The van der Waals surface area contributed by atoms with Gasteiger partial charge in [0.25, 0.3) is 0 Å². The van der Waals surface area contributed by atoms with Crippen LogP contribution in [0.25, 0.3) is 0 Å². The first-order valence-corrected chi connectivity index (χ1v) is 6.00. The SMILES string of the molecule is CC(C)(C)S(=O)(=O)[N+](C)(C)C(=S)[S-]. The van der Waals surface area contributed by atoms with Gasteiger partial charge in [-0.15, -0.1) is 0 Å². The second-order valence-corrected chi connectivity index (χ2v) is 8.32. The van der Waals surface area contributed by atoms with Crippen molar-refractivity contribution in [2.75, 3.05) is 14.1 Å². The Balaban J connectivity index is 5.45. The third-order valence-electron chi connectivity index (χ3n) is 1.81. The Kier molecular flexibility index (Phi) is 3.47. The molecule has 3 nitrogen and oxygen atoms in total. The second kappa shape index (κ2) is 3.42. The summed E-state index contributed by atoms with van der Waals surface area (Å²) >= 11 is 9.51. The summed E-state index contributed by atoms with van der Waals surface area (Å²) in [6.45, 7) is 4.90. The van der Waals surface area contributed by atoms with E-state index in [-0.39, 0.29) is 4.32 Å². The monoisotopic (exact) mass is 241 g/mol. The molecule has 0 aliphatic rings. The molecular weight excluding hydrogens is 226 g/mol. The highest BCUT2D eigenvalue weighted by Crippen LogP contribution is 2.24.